The van der Waals surface area contributed by atoms with Crippen molar-refractivity contribution in [2.75, 3.05) is 18.4 Å². The van der Waals surface area contributed by atoms with Crippen LogP contribution < -0.4 is 11.1 Å². The Morgan fingerprint density at radius 1 is 1.32 bits per heavy atom. The number of halogens is 2. The summed E-state index contributed by atoms with van der Waals surface area (Å²) in [5, 5.41) is 2.89. The molecule has 108 valence electrons. The van der Waals surface area contributed by atoms with Crippen LogP contribution in [0.3, 0.4) is 0 Å². The largest absolute Gasteiger partial charge is 0.384 e. The van der Waals surface area contributed by atoms with E-state index in [1.807, 2.05) is 6.92 Å². The van der Waals surface area contributed by atoms with Gasteiger partial charge in [-0.2, -0.15) is 8.78 Å². The van der Waals surface area contributed by atoms with Gasteiger partial charge >= 0.3 is 5.76 Å². The summed E-state index contributed by atoms with van der Waals surface area (Å²) in [6.07, 6.45) is 0.775. The molecule has 0 aliphatic rings. The molecule has 0 amide bonds. The second-order valence-corrected chi connectivity index (χ2v) is 6.25. The van der Waals surface area contributed by atoms with Gasteiger partial charge in [-0.3, -0.25) is 0 Å². The maximum absolute atomic E-state index is 12.6. The van der Waals surface area contributed by atoms with Gasteiger partial charge in [0.05, 0.1) is 10.6 Å². The van der Waals surface area contributed by atoms with Gasteiger partial charge in [0.15, 0.2) is 0 Å². The van der Waals surface area contributed by atoms with Gasteiger partial charge in [-0.1, -0.05) is 19.1 Å². The van der Waals surface area contributed by atoms with Crippen LogP contribution in [0.1, 0.15) is 13.3 Å². The number of sulfone groups is 1. The lowest BCUT2D eigenvalue weighted by Gasteiger charge is -2.15. The van der Waals surface area contributed by atoms with E-state index in [4.69, 9.17) is 5.73 Å². The number of hydrogen-bond donors (Lipinski definition) is 2. The maximum Gasteiger partial charge on any atom is 0.341 e. The lowest BCUT2D eigenvalue weighted by atomic mass is 10.1. The fourth-order valence-corrected chi connectivity index (χ4v) is 2.53. The summed E-state index contributed by atoms with van der Waals surface area (Å²) < 4.78 is 48.2. The monoisotopic (exact) mass is 292 g/mol. The molecule has 1 aromatic rings. The van der Waals surface area contributed by atoms with E-state index in [1.165, 1.54) is 18.2 Å². The second-order valence-electron chi connectivity index (χ2n) is 4.37. The molecule has 7 heteroatoms. The molecular formula is C12H18F2N2O2S. The van der Waals surface area contributed by atoms with Gasteiger partial charge in [-0.15, -0.1) is 0 Å². The standard InChI is InChI=1S/C12H18F2N2O2S/c1-9(6-7-15)8-16-10-4-2-3-5-11(10)19(17,18)12(13)14/h2-5,9,12,16H,6-8,15H2,1H3. The summed E-state index contributed by atoms with van der Waals surface area (Å²) in [5.41, 5.74) is 5.62. The first-order valence-electron chi connectivity index (χ1n) is 5.94. The van der Waals surface area contributed by atoms with Crippen molar-refractivity contribution in [1.82, 2.24) is 0 Å². The summed E-state index contributed by atoms with van der Waals surface area (Å²) in [6.45, 7) is 2.96. The first-order valence-corrected chi connectivity index (χ1v) is 7.49. The van der Waals surface area contributed by atoms with Crippen molar-refractivity contribution in [2.45, 2.75) is 24.0 Å². The molecule has 0 fully saturated rings. The van der Waals surface area contributed by atoms with E-state index in [1.54, 1.807) is 6.07 Å². The predicted octanol–water partition coefficient (Wildman–Crippen LogP) is 2.08. The Morgan fingerprint density at radius 3 is 2.53 bits per heavy atom. The molecule has 3 N–H and O–H groups in total. The molecule has 0 saturated carbocycles. The molecule has 0 aliphatic carbocycles. The van der Waals surface area contributed by atoms with Gasteiger partial charge in [0.2, 0.25) is 9.84 Å². The van der Waals surface area contributed by atoms with E-state index in [9.17, 15) is 17.2 Å². The number of nitrogens with two attached hydrogens (primary N) is 1. The molecule has 4 nitrogen and oxygen atoms in total. The van der Waals surface area contributed by atoms with Crippen molar-refractivity contribution < 1.29 is 17.2 Å². The third kappa shape index (κ3) is 4.14. The minimum Gasteiger partial charge on any atom is -0.384 e. The third-order valence-corrected chi connectivity index (χ3v) is 4.17. The van der Waals surface area contributed by atoms with Crippen molar-refractivity contribution in [3.8, 4) is 0 Å². The number of benzene rings is 1. The normalized spacial score (nSPS) is 13.5. The zero-order valence-corrected chi connectivity index (χ0v) is 11.5. The summed E-state index contributed by atoms with van der Waals surface area (Å²) >= 11 is 0. The smallest absolute Gasteiger partial charge is 0.341 e. The number of rotatable bonds is 7. The molecule has 0 spiro atoms. The Bertz CT molecular complexity index is 506. The van der Waals surface area contributed by atoms with Crippen LogP contribution in [0.5, 0.6) is 0 Å². The zero-order chi connectivity index (χ0) is 14.5. The molecule has 0 heterocycles. The average molecular weight is 292 g/mol. The molecule has 1 unspecified atom stereocenters. The topological polar surface area (TPSA) is 72.2 Å². The van der Waals surface area contributed by atoms with E-state index >= 15 is 0 Å². The Labute approximate surface area is 111 Å². The number of anilines is 1. The predicted molar refractivity (Wildman–Crippen MR) is 71.0 cm³/mol. The molecule has 0 bridgehead atoms. The van der Waals surface area contributed by atoms with Gasteiger partial charge in [0.1, 0.15) is 0 Å². The van der Waals surface area contributed by atoms with E-state index in [2.05, 4.69) is 5.32 Å². The minimum atomic E-state index is -4.59. The van der Waals surface area contributed by atoms with Gasteiger partial charge in [-0.05, 0) is 31.0 Å². The highest BCUT2D eigenvalue weighted by atomic mass is 32.2. The first-order chi connectivity index (χ1) is 8.89. The second kappa shape index (κ2) is 6.81. The molecule has 0 aliphatic heterocycles. The van der Waals surface area contributed by atoms with Gasteiger partial charge in [0.25, 0.3) is 0 Å². The van der Waals surface area contributed by atoms with Crippen LogP contribution in [0, 0.1) is 5.92 Å². The van der Waals surface area contributed by atoms with E-state index in [-0.39, 0.29) is 16.5 Å². The number of nitrogens with one attached hydrogen (secondary N) is 1. The van der Waals surface area contributed by atoms with Crippen molar-refractivity contribution in [3.63, 3.8) is 0 Å². The average Bonchev–Trinajstić information content (AvgIpc) is 2.37. The van der Waals surface area contributed by atoms with Crippen molar-refractivity contribution in [3.05, 3.63) is 24.3 Å². The fourth-order valence-electron chi connectivity index (χ4n) is 1.63. The van der Waals surface area contributed by atoms with Crippen molar-refractivity contribution in [2.24, 2.45) is 11.7 Å². The van der Waals surface area contributed by atoms with Gasteiger partial charge in [0, 0.05) is 6.54 Å². The highest BCUT2D eigenvalue weighted by Crippen LogP contribution is 2.26. The van der Waals surface area contributed by atoms with Crippen LogP contribution in [-0.2, 0) is 9.84 Å². The van der Waals surface area contributed by atoms with E-state index in [0.717, 1.165) is 6.42 Å². The molecule has 0 saturated heterocycles. The van der Waals surface area contributed by atoms with Gasteiger partial charge < -0.3 is 11.1 Å². The highest BCUT2D eigenvalue weighted by molar-refractivity contribution is 7.91. The molecule has 1 rings (SSSR count). The zero-order valence-electron chi connectivity index (χ0n) is 10.6. The molecular weight excluding hydrogens is 274 g/mol. The number of hydrogen-bond acceptors (Lipinski definition) is 4. The lowest BCUT2D eigenvalue weighted by Crippen LogP contribution is -2.18. The van der Waals surface area contributed by atoms with Crippen LogP contribution in [0.25, 0.3) is 0 Å². The van der Waals surface area contributed by atoms with Crippen LogP contribution in [0.4, 0.5) is 14.5 Å². The first kappa shape index (κ1) is 15.8. The third-order valence-electron chi connectivity index (χ3n) is 2.73. The van der Waals surface area contributed by atoms with E-state index in [0.29, 0.717) is 13.1 Å². The highest BCUT2D eigenvalue weighted by Gasteiger charge is 2.28. The number of para-hydroxylation sites is 1. The van der Waals surface area contributed by atoms with Crippen molar-refractivity contribution >= 4 is 15.5 Å². The Balaban J connectivity index is 2.91. The molecule has 1 atom stereocenters. The lowest BCUT2D eigenvalue weighted by molar-refractivity contribution is 0.235. The molecule has 0 aromatic heterocycles. The maximum atomic E-state index is 12.6. The van der Waals surface area contributed by atoms with Crippen LogP contribution >= 0.6 is 0 Å². The molecule has 0 radical (unpaired) electrons. The molecule has 19 heavy (non-hydrogen) atoms. The van der Waals surface area contributed by atoms with Crippen LogP contribution in [0.2, 0.25) is 0 Å². The quantitative estimate of drug-likeness (QED) is 0.807. The van der Waals surface area contributed by atoms with Crippen LogP contribution in [-0.4, -0.2) is 27.3 Å². The SMILES string of the molecule is CC(CCN)CNc1ccccc1S(=O)(=O)C(F)F. The summed E-state index contributed by atoms with van der Waals surface area (Å²) in [4.78, 5) is -0.370. The summed E-state index contributed by atoms with van der Waals surface area (Å²) in [6, 6.07) is 5.67. The summed E-state index contributed by atoms with van der Waals surface area (Å²) in [7, 11) is -4.59. The fraction of sp³-hybridized carbons (Fsp3) is 0.500. The Kier molecular flexibility index (Phi) is 5.68. The Morgan fingerprint density at radius 2 is 1.95 bits per heavy atom. The minimum absolute atomic E-state index is 0.201. The van der Waals surface area contributed by atoms with Crippen LogP contribution in [0.15, 0.2) is 29.2 Å². The Hall–Kier alpha value is -1.21. The van der Waals surface area contributed by atoms with Gasteiger partial charge in [-0.25, -0.2) is 8.42 Å². The summed E-state index contributed by atoms with van der Waals surface area (Å²) in [5.74, 6) is -3.19. The van der Waals surface area contributed by atoms with Crippen molar-refractivity contribution in [1.29, 1.82) is 0 Å². The number of alkyl halides is 2. The molecule has 1 aromatic carbocycles. The van der Waals surface area contributed by atoms with E-state index < -0.39 is 15.6 Å².